The standard InChI is InChI=1S/C23H24N6O5S2/c1-15(17-5-11-21(12-6-17)35(24,31)32)26-28-20-9-3-19(4-10-20)23(30)29-27-16(2)18-7-13-22(14-8-18)36(25,33)34/h3-14,28H,1-2H3,(H,29,30)(H2,24,31,32)(H2,25,33,34)/b26-15-,27-16-. The second-order valence-corrected chi connectivity index (χ2v) is 10.8. The van der Waals surface area contributed by atoms with E-state index in [1.165, 1.54) is 24.3 Å². The first-order valence-corrected chi connectivity index (χ1v) is 13.5. The van der Waals surface area contributed by atoms with Crippen molar-refractivity contribution in [2.24, 2.45) is 20.5 Å². The molecule has 0 heterocycles. The summed E-state index contributed by atoms with van der Waals surface area (Å²) in [6, 6.07) is 18.3. The molecule has 0 aromatic heterocycles. The first-order chi connectivity index (χ1) is 16.8. The molecule has 0 radical (unpaired) electrons. The van der Waals surface area contributed by atoms with Crippen molar-refractivity contribution < 1.29 is 21.6 Å². The maximum absolute atomic E-state index is 12.4. The number of nitrogens with zero attached hydrogens (tertiary/aromatic N) is 2. The molecule has 36 heavy (non-hydrogen) atoms. The zero-order chi connectivity index (χ0) is 26.5. The van der Waals surface area contributed by atoms with Gasteiger partial charge in [0.05, 0.1) is 26.9 Å². The molecule has 0 aliphatic heterocycles. The van der Waals surface area contributed by atoms with Crippen molar-refractivity contribution >= 4 is 43.1 Å². The topological polar surface area (TPSA) is 186 Å². The van der Waals surface area contributed by atoms with Gasteiger partial charge < -0.3 is 0 Å². The lowest BCUT2D eigenvalue weighted by atomic mass is 10.1. The molecule has 1 amide bonds. The van der Waals surface area contributed by atoms with Crippen LogP contribution in [0, 0.1) is 0 Å². The van der Waals surface area contributed by atoms with E-state index in [1.54, 1.807) is 62.4 Å². The Bertz CT molecular complexity index is 1530. The second kappa shape index (κ2) is 10.8. The maximum atomic E-state index is 12.4. The van der Waals surface area contributed by atoms with Crippen LogP contribution in [-0.2, 0) is 20.0 Å². The molecule has 0 saturated carbocycles. The summed E-state index contributed by atoms with van der Waals surface area (Å²) in [6.07, 6.45) is 0. The minimum atomic E-state index is -3.79. The average Bonchev–Trinajstić information content (AvgIpc) is 2.85. The predicted octanol–water partition coefficient (Wildman–Crippen LogP) is 1.97. The molecule has 0 bridgehead atoms. The molecular weight excluding hydrogens is 504 g/mol. The summed E-state index contributed by atoms with van der Waals surface area (Å²) in [5.41, 5.74) is 8.73. The van der Waals surface area contributed by atoms with Gasteiger partial charge in [0.25, 0.3) is 5.91 Å². The van der Waals surface area contributed by atoms with Crippen LogP contribution >= 0.6 is 0 Å². The third-order valence-corrected chi connectivity index (χ3v) is 6.88. The van der Waals surface area contributed by atoms with Gasteiger partial charge in [0.2, 0.25) is 20.0 Å². The highest BCUT2D eigenvalue weighted by Crippen LogP contribution is 2.13. The molecule has 0 aliphatic carbocycles. The van der Waals surface area contributed by atoms with Crippen molar-refractivity contribution in [3.8, 4) is 0 Å². The summed E-state index contributed by atoms with van der Waals surface area (Å²) in [5.74, 6) is -0.434. The molecule has 0 fully saturated rings. The van der Waals surface area contributed by atoms with Gasteiger partial charge in [-0.15, -0.1) is 0 Å². The summed E-state index contributed by atoms with van der Waals surface area (Å²) in [7, 11) is -7.55. The van der Waals surface area contributed by atoms with Gasteiger partial charge in [-0.05, 0) is 73.5 Å². The van der Waals surface area contributed by atoms with Crippen LogP contribution in [-0.4, -0.2) is 34.2 Å². The average molecular weight is 529 g/mol. The first kappa shape index (κ1) is 26.7. The van der Waals surface area contributed by atoms with E-state index in [4.69, 9.17) is 10.3 Å². The van der Waals surface area contributed by atoms with Crippen molar-refractivity contribution in [2.45, 2.75) is 23.6 Å². The molecule has 0 aliphatic rings. The molecule has 0 spiro atoms. The van der Waals surface area contributed by atoms with Crippen molar-refractivity contribution in [1.29, 1.82) is 0 Å². The monoisotopic (exact) mass is 528 g/mol. The molecule has 6 N–H and O–H groups in total. The second-order valence-electron chi connectivity index (χ2n) is 7.66. The Kier molecular flexibility index (Phi) is 8.00. The van der Waals surface area contributed by atoms with Gasteiger partial charge in [0.15, 0.2) is 0 Å². The fourth-order valence-electron chi connectivity index (χ4n) is 2.94. The Morgan fingerprint density at radius 3 is 1.44 bits per heavy atom. The van der Waals surface area contributed by atoms with Gasteiger partial charge in [-0.3, -0.25) is 10.2 Å². The number of primary sulfonamides is 2. The van der Waals surface area contributed by atoms with E-state index in [-0.39, 0.29) is 9.79 Å². The highest BCUT2D eigenvalue weighted by atomic mass is 32.2. The lowest BCUT2D eigenvalue weighted by Crippen LogP contribution is -2.19. The molecule has 3 aromatic carbocycles. The number of hydrogen-bond acceptors (Lipinski definition) is 8. The Labute approximate surface area is 209 Å². The number of carbonyl (C=O) groups is 1. The smallest absolute Gasteiger partial charge is 0.271 e. The lowest BCUT2D eigenvalue weighted by Gasteiger charge is -2.06. The van der Waals surface area contributed by atoms with Crippen molar-refractivity contribution in [3.63, 3.8) is 0 Å². The molecule has 11 nitrogen and oxygen atoms in total. The van der Waals surface area contributed by atoms with Gasteiger partial charge in [-0.25, -0.2) is 32.5 Å². The molecule has 13 heteroatoms. The van der Waals surface area contributed by atoms with E-state index in [0.717, 1.165) is 0 Å². The van der Waals surface area contributed by atoms with E-state index >= 15 is 0 Å². The number of nitrogens with two attached hydrogens (primary N) is 2. The van der Waals surface area contributed by atoms with E-state index in [2.05, 4.69) is 21.1 Å². The first-order valence-electron chi connectivity index (χ1n) is 10.4. The number of anilines is 1. The fourth-order valence-corrected chi connectivity index (χ4v) is 3.98. The summed E-state index contributed by atoms with van der Waals surface area (Å²) < 4.78 is 45.4. The highest BCUT2D eigenvalue weighted by Gasteiger charge is 2.10. The lowest BCUT2D eigenvalue weighted by molar-refractivity contribution is 0.0955. The van der Waals surface area contributed by atoms with Gasteiger partial charge in [0.1, 0.15) is 0 Å². The van der Waals surface area contributed by atoms with Crippen LogP contribution in [0.2, 0.25) is 0 Å². The summed E-state index contributed by atoms with van der Waals surface area (Å²) >= 11 is 0. The number of benzene rings is 3. The quantitative estimate of drug-likeness (QED) is 0.256. The number of amides is 1. The fraction of sp³-hybridized carbons (Fsp3) is 0.0870. The van der Waals surface area contributed by atoms with Crippen LogP contribution in [0.4, 0.5) is 5.69 Å². The Hall–Kier alpha value is -3.91. The molecule has 0 unspecified atom stereocenters. The summed E-state index contributed by atoms with van der Waals surface area (Å²) in [5, 5.41) is 18.5. The van der Waals surface area contributed by atoms with Crippen LogP contribution in [0.1, 0.15) is 35.3 Å². The number of carbonyl (C=O) groups excluding carboxylic acids is 1. The molecular formula is C23H24N6O5S2. The van der Waals surface area contributed by atoms with Gasteiger partial charge in [-0.2, -0.15) is 10.2 Å². The predicted molar refractivity (Wildman–Crippen MR) is 138 cm³/mol. The molecule has 3 rings (SSSR count). The maximum Gasteiger partial charge on any atom is 0.271 e. The molecule has 0 atom stereocenters. The van der Waals surface area contributed by atoms with Crippen LogP contribution in [0.5, 0.6) is 0 Å². The van der Waals surface area contributed by atoms with E-state index in [1.807, 2.05) is 0 Å². The normalized spacial score (nSPS) is 12.8. The van der Waals surface area contributed by atoms with Crippen LogP contribution in [0.3, 0.4) is 0 Å². The third-order valence-electron chi connectivity index (χ3n) is 5.03. The zero-order valence-electron chi connectivity index (χ0n) is 19.3. The van der Waals surface area contributed by atoms with E-state index < -0.39 is 26.0 Å². The van der Waals surface area contributed by atoms with Gasteiger partial charge in [-0.1, -0.05) is 24.3 Å². The van der Waals surface area contributed by atoms with Crippen LogP contribution < -0.4 is 21.1 Å². The number of hydrazone groups is 2. The Balaban J connectivity index is 1.61. The van der Waals surface area contributed by atoms with Gasteiger partial charge >= 0.3 is 0 Å². The summed E-state index contributed by atoms with van der Waals surface area (Å²) in [4.78, 5) is 12.4. The van der Waals surface area contributed by atoms with Crippen LogP contribution in [0.25, 0.3) is 0 Å². The van der Waals surface area contributed by atoms with Crippen molar-refractivity contribution in [2.75, 3.05) is 5.43 Å². The van der Waals surface area contributed by atoms with Crippen LogP contribution in [0.15, 0.2) is 92.8 Å². The molecule has 0 saturated heterocycles. The number of rotatable bonds is 8. The van der Waals surface area contributed by atoms with E-state index in [9.17, 15) is 21.6 Å². The molecule has 3 aromatic rings. The number of sulfonamides is 2. The SMILES string of the molecule is C/C(=N/NC(=O)c1ccc(N/N=C(/C)c2ccc(S(N)(=O)=O)cc2)cc1)c1ccc(S(N)(=O)=O)cc1. The summed E-state index contributed by atoms with van der Waals surface area (Å²) in [6.45, 7) is 3.42. The number of nitrogens with one attached hydrogen (secondary N) is 2. The minimum Gasteiger partial charge on any atom is -0.278 e. The number of hydrogen-bond donors (Lipinski definition) is 4. The van der Waals surface area contributed by atoms with E-state index in [0.29, 0.717) is 33.8 Å². The highest BCUT2D eigenvalue weighted by molar-refractivity contribution is 7.89. The molecule has 188 valence electrons. The van der Waals surface area contributed by atoms with Gasteiger partial charge in [0, 0.05) is 5.56 Å². The Morgan fingerprint density at radius 2 is 1.03 bits per heavy atom. The Morgan fingerprint density at radius 1 is 0.639 bits per heavy atom. The van der Waals surface area contributed by atoms with Crippen molar-refractivity contribution in [1.82, 2.24) is 5.43 Å². The zero-order valence-corrected chi connectivity index (χ0v) is 21.0. The minimum absolute atomic E-state index is 0.0142. The third kappa shape index (κ3) is 7.05. The van der Waals surface area contributed by atoms with Crippen molar-refractivity contribution in [3.05, 3.63) is 89.5 Å². The largest absolute Gasteiger partial charge is 0.278 e.